The maximum Gasteiger partial charge on any atom is 0.230 e. The number of hydrogen-bond acceptors (Lipinski definition) is 6. The minimum atomic E-state index is 0.299. The number of nitrogens with zero attached hydrogens (tertiary/aromatic N) is 3. The van der Waals surface area contributed by atoms with Crippen molar-refractivity contribution in [1.29, 1.82) is 0 Å². The molecule has 1 aliphatic heterocycles. The highest BCUT2D eigenvalue weighted by Gasteiger charge is 2.29. The molecule has 1 fully saturated rings. The summed E-state index contributed by atoms with van der Waals surface area (Å²) < 4.78 is 16.5. The van der Waals surface area contributed by atoms with E-state index in [4.69, 9.17) is 13.9 Å². The van der Waals surface area contributed by atoms with Crippen LogP contribution in [-0.4, -0.2) is 35.9 Å². The number of aryl methyl sites for hydroxylation is 1. The average molecular weight is 317 g/mol. The molecule has 0 spiro atoms. The second-order valence-electron chi connectivity index (χ2n) is 5.68. The molecule has 2 aromatic rings. The van der Waals surface area contributed by atoms with Gasteiger partial charge in [-0.1, -0.05) is 13.0 Å². The lowest BCUT2D eigenvalue weighted by Gasteiger charge is -2.25. The van der Waals surface area contributed by atoms with Gasteiger partial charge in [-0.15, -0.1) is 10.2 Å². The molecule has 6 nitrogen and oxygen atoms in total. The first kappa shape index (κ1) is 15.8. The fraction of sp³-hybridized carbons (Fsp3) is 0.529. The molecule has 0 aliphatic carbocycles. The van der Waals surface area contributed by atoms with Gasteiger partial charge in [-0.2, -0.15) is 0 Å². The molecule has 0 N–H and O–H groups in total. The van der Waals surface area contributed by atoms with Crippen molar-refractivity contribution >= 4 is 0 Å². The van der Waals surface area contributed by atoms with E-state index in [9.17, 15) is 0 Å². The highest BCUT2D eigenvalue weighted by Crippen LogP contribution is 2.39. The Morgan fingerprint density at radius 1 is 1.22 bits per heavy atom. The lowest BCUT2D eigenvalue weighted by molar-refractivity contribution is 0.217. The van der Waals surface area contributed by atoms with Crippen LogP contribution < -0.4 is 9.47 Å². The van der Waals surface area contributed by atoms with E-state index >= 15 is 0 Å². The monoisotopic (exact) mass is 317 g/mol. The predicted molar refractivity (Wildman–Crippen MR) is 85.6 cm³/mol. The molecule has 0 saturated carbocycles. The summed E-state index contributed by atoms with van der Waals surface area (Å²) in [6.07, 6.45) is 3.01. The molecule has 0 amide bonds. The van der Waals surface area contributed by atoms with Crippen molar-refractivity contribution in [2.24, 2.45) is 0 Å². The van der Waals surface area contributed by atoms with E-state index in [-0.39, 0.29) is 0 Å². The molecule has 6 heteroatoms. The minimum absolute atomic E-state index is 0.299. The molecule has 1 saturated heterocycles. The van der Waals surface area contributed by atoms with E-state index in [2.05, 4.69) is 21.2 Å². The minimum Gasteiger partial charge on any atom is -0.497 e. The zero-order valence-corrected chi connectivity index (χ0v) is 13.9. The van der Waals surface area contributed by atoms with Gasteiger partial charge >= 0.3 is 0 Å². The highest BCUT2D eigenvalue weighted by molar-refractivity contribution is 5.42. The molecular formula is C17H23N3O3. The smallest absolute Gasteiger partial charge is 0.230 e. The molecule has 1 atom stereocenters. The molecule has 2 heterocycles. The van der Waals surface area contributed by atoms with E-state index in [1.807, 2.05) is 19.1 Å². The summed E-state index contributed by atoms with van der Waals surface area (Å²) in [7, 11) is 3.36. The molecule has 1 aliphatic rings. The van der Waals surface area contributed by atoms with Crippen LogP contribution in [0.5, 0.6) is 11.5 Å². The fourth-order valence-corrected chi connectivity index (χ4v) is 3.13. The second-order valence-corrected chi connectivity index (χ2v) is 5.68. The van der Waals surface area contributed by atoms with Gasteiger partial charge in [0.2, 0.25) is 11.8 Å². The van der Waals surface area contributed by atoms with Crippen molar-refractivity contribution in [3.8, 4) is 11.5 Å². The summed E-state index contributed by atoms with van der Waals surface area (Å²) in [5.74, 6) is 3.04. The Labute approximate surface area is 136 Å². The number of ether oxygens (including phenoxy) is 2. The molecule has 124 valence electrons. The van der Waals surface area contributed by atoms with E-state index in [0.29, 0.717) is 24.4 Å². The van der Waals surface area contributed by atoms with Crippen molar-refractivity contribution < 1.29 is 13.9 Å². The number of aromatic nitrogens is 2. The third-order valence-electron chi connectivity index (χ3n) is 4.31. The Balaban J connectivity index is 1.81. The number of methoxy groups -OCH3 is 2. The molecule has 0 bridgehead atoms. The number of rotatable bonds is 6. The maximum atomic E-state index is 5.66. The van der Waals surface area contributed by atoms with Crippen LogP contribution in [0.4, 0.5) is 0 Å². The summed E-state index contributed by atoms with van der Waals surface area (Å²) in [5.41, 5.74) is 1.18. The van der Waals surface area contributed by atoms with Gasteiger partial charge in [0, 0.05) is 24.1 Å². The summed E-state index contributed by atoms with van der Waals surface area (Å²) in [6, 6.07) is 6.31. The van der Waals surface area contributed by atoms with Gasteiger partial charge in [-0.3, -0.25) is 4.90 Å². The molecule has 3 rings (SSSR count). The first-order chi connectivity index (χ1) is 11.2. The third kappa shape index (κ3) is 3.32. The largest absolute Gasteiger partial charge is 0.497 e. The Bertz CT molecular complexity index is 656. The molecule has 0 unspecified atom stereocenters. The van der Waals surface area contributed by atoms with Crippen molar-refractivity contribution in [3.05, 3.63) is 35.5 Å². The van der Waals surface area contributed by atoms with Crippen LogP contribution >= 0.6 is 0 Å². The van der Waals surface area contributed by atoms with Gasteiger partial charge in [-0.05, 0) is 25.5 Å². The van der Waals surface area contributed by atoms with Crippen LogP contribution in [-0.2, 0) is 13.0 Å². The first-order valence-corrected chi connectivity index (χ1v) is 8.02. The molecule has 1 aromatic carbocycles. The van der Waals surface area contributed by atoms with Crippen LogP contribution in [0.15, 0.2) is 22.6 Å². The third-order valence-corrected chi connectivity index (χ3v) is 4.31. The van der Waals surface area contributed by atoms with Gasteiger partial charge in [0.1, 0.15) is 11.5 Å². The summed E-state index contributed by atoms with van der Waals surface area (Å²) in [5, 5.41) is 8.19. The zero-order chi connectivity index (χ0) is 16.2. The van der Waals surface area contributed by atoms with Crippen molar-refractivity contribution in [3.63, 3.8) is 0 Å². The molecular weight excluding hydrogens is 294 g/mol. The van der Waals surface area contributed by atoms with Crippen molar-refractivity contribution in [2.75, 3.05) is 20.8 Å². The highest BCUT2D eigenvalue weighted by atomic mass is 16.5. The molecule has 1 aromatic heterocycles. The summed E-state index contributed by atoms with van der Waals surface area (Å²) >= 11 is 0. The van der Waals surface area contributed by atoms with Gasteiger partial charge in [0.05, 0.1) is 20.8 Å². The van der Waals surface area contributed by atoms with Crippen LogP contribution in [0.1, 0.15) is 43.2 Å². The SMILES string of the molecule is CCc1nnc(CN2CCC[C@H]2c2ccc(OC)cc2OC)o1. The number of benzene rings is 1. The van der Waals surface area contributed by atoms with Crippen LogP contribution in [0.3, 0.4) is 0 Å². The standard InChI is InChI=1S/C17H23N3O3/c1-4-16-18-19-17(23-16)11-20-9-5-6-14(20)13-8-7-12(21-2)10-15(13)22-3/h7-8,10,14H,4-6,9,11H2,1-3H3/t14-/m0/s1. The van der Waals surface area contributed by atoms with Gasteiger partial charge in [0.15, 0.2) is 0 Å². The van der Waals surface area contributed by atoms with Crippen molar-refractivity contribution in [1.82, 2.24) is 15.1 Å². The summed E-state index contributed by atoms with van der Waals surface area (Å²) in [4.78, 5) is 2.37. The lowest BCUT2D eigenvalue weighted by Crippen LogP contribution is -2.23. The quantitative estimate of drug-likeness (QED) is 0.816. The maximum absolute atomic E-state index is 5.66. The van der Waals surface area contributed by atoms with E-state index in [1.165, 1.54) is 5.56 Å². The Kier molecular flexibility index (Phi) is 4.81. The predicted octanol–water partition coefficient (Wildman–Crippen LogP) is 2.99. The van der Waals surface area contributed by atoms with Crippen LogP contribution in [0, 0.1) is 0 Å². The van der Waals surface area contributed by atoms with E-state index < -0.39 is 0 Å². The van der Waals surface area contributed by atoms with Gasteiger partial charge in [0.25, 0.3) is 0 Å². The number of likely N-dealkylation sites (tertiary alicyclic amines) is 1. The second kappa shape index (κ2) is 7.00. The normalized spacial score (nSPS) is 18.3. The van der Waals surface area contributed by atoms with Crippen LogP contribution in [0.2, 0.25) is 0 Å². The molecule has 0 radical (unpaired) electrons. The van der Waals surface area contributed by atoms with Crippen LogP contribution in [0.25, 0.3) is 0 Å². The van der Waals surface area contributed by atoms with E-state index in [0.717, 1.165) is 37.3 Å². The Morgan fingerprint density at radius 2 is 2.04 bits per heavy atom. The lowest BCUT2D eigenvalue weighted by atomic mass is 10.0. The fourth-order valence-electron chi connectivity index (χ4n) is 3.13. The van der Waals surface area contributed by atoms with Gasteiger partial charge < -0.3 is 13.9 Å². The first-order valence-electron chi connectivity index (χ1n) is 8.02. The number of hydrogen-bond donors (Lipinski definition) is 0. The topological polar surface area (TPSA) is 60.6 Å². The Hall–Kier alpha value is -2.08. The average Bonchev–Trinajstić information content (AvgIpc) is 3.23. The zero-order valence-electron chi connectivity index (χ0n) is 13.9. The van der Waals surface area contributed by atoms with Gasteiger partial charge in [-0.25, -0.2) is 0 Å². The Morgan fingerprint density at radius 3 is 2.74 bits per heavy atom. The molecule has 23 heavy (non-hydrogen) atoms. The van der Waals surface area contributed by atoms with E-state index in [1.54, 1.807) is 14.2 Å². The summed E-state index contributed by atoms with van der Waals surface area (Å²) in [6.45, 7) is 3.70. The van der Waals surface area contributed by atoms with Crippen molar-refractivity contribution in [2.45, 2.75) is 38.8 Å².